The topological polar surface area (TPSA) is 107 Å². The summed E-state index contributed by atoms with van der Waals surface area (Å²) in [5.74, 6) is -2.34. The monoisotopic (exact) mass is 594 g/mol. The molecule has 3 atom stereocenters. The number of aromatic nitrogens is 3. The number of rotatable bonds is 6. The Kier molecular flexibility index (Phi) is 7.73. The Hall–Kier alpha value is -3.28. The maximum atomic E-state index is 14.6. The quantitative estimate of drug-likeness (QED) is 0.381. The average molecular weight is 595 g/mol. The minimum atomic E-state index is -3.88. The van der Waals surface area contributed by atoms with Crippen LogP contribution in [0.1, 0.15) is 59.8 Å². The van der Waals surface area contributed by atoms with Crippen molar-refractivity contribution in [2.75, 3.05) is 20.2 Å². The number of carbonyl (C=O) groups excluding carboxylic acids is 1. The largest absolute Gasteiger partial charge is 0.496 e. The van der Waals surface area contributed by atoms with Crippen molar-refractivity contribution in [3.63, 3.8) is 0 Å². The molecule has 3 aromatic rings. The van der Waals surface area contributed by atoms with E-state index >= 15 is 0 Å². The van der Waals surface area contributed by atoms with Crippen molar-refractivity contribution in [1.29, 1.82) is 0 Å². The Balaban J connectivity index is 1.64. The van der Waals surface area contributed by atoms with Crippen LogP contribution in [0, 0.1) is 12.8 Å². The summed E-state index contributed by atoms with van der Waals surface area (Å²) >= 11 is 11.8. The maximum Gasteiger partial charge on any atom is 0.382 e. The smallest absolute Gasteiger partial charge is 0.382 e. The Morgan fingerprint density at radius 3 is 2.70 bits per heavy atom. The number of ether oxygens (including phenoxy) is 2. The number of aliphatic carboxylic acids is 1. The second-order valence-electron chi connectivity index (χ2n) is 9.82. The van der Waals surface area contributed by atoms with E-state index in [0.717, 1.165) is 10.1 Å². The lowest BCUT2D eigenvalue weighted by Crippen LogP contribution is -2.43. The first-order chi connectivity index (χ1) is 19.0. The van der Waals surface area contributed by atoms with Gasteiger partial charge in [0, 0.05) is 23.7 Å². The van der Waals surface area contributed by atoms with Crippen LogP contribution in [-0.2, 0) is 19.7 Å². The fraction of sp³-hybridized carbons (Fsp3) is 0.407. The molecule has 1 fully saturated rings. The molecule has 1 amide bonds. The minimum absolute atomic E-state index is 0.0397. The zero-order chi connectivity index (χ0) is 28.8. The van der Waals surface area contributed by atoms with Gasteiger partial charge >= 0.3 is 11.4 Å². The van der Waals surface area contributed by atoms with Gasteiger partial charge in [-0.1, -0.05) is 23.7 Å². The number of hydrogen-bond acceptors (Lipinski definition) is 6. The number of carboxylic acids is 1. The van der Waals surface area contributed by atoms with E-state index in [-0.39, 0.29) is 24.5 Å². The third-order valence-corrected chi connectivity index (χ3v) is 7.76. The Labute approximate surface area is 238 Å². The molecule has 13 heteroatoms. The van der Waals surface area contributed by atoms with Gasteiger partial charge in [-0.25, -0.2) is 0 Å². The third kappa shape index (κ3) is 5.25. The van der Waals surface area contributed by atoms with Crippen molar-refractivity contribution < 1.29 is 33.0 Å². The summed E-state index contributed by atoms with van der Waals surface area (Å²) in [6.07, 6.45) is -1.30. The fourth-order valence-corrected chi connectivity index (χ4v) is 5.68. The number of halogens is 4. The number of piperidine rings is 1. The number of nitrogens with zero attached hydrogens (tertiary/aromatic N) is 4. The second-order valence-corrected chi connectivity index (χ2v) is 10.7. The lowest BCUT2D eigenvalue weighted by atomic mass is 9.95. The summed E-state index contributed by atoms with van der Waals surface area (Å²) in [6, 6.07) is 10.1. The van der Waals surface area contributed by atoms with E-state index in [0.29, 0.717) is 41.3 Å². The van der Waals surface area contributed by atoms with Gasteiger partial charge in [0.25, 0.3) is 0 Å². The van der Waals surface area contributed by atoms with E-state index in [4.69, 9.17) is 32.7 Å². The zero-order valence-corrected chi connectivity index (χ0v) is 23.1. The highest BCUT2D eigenvalue weighted by molar-refractivity contribution is 6.30. The molecule has 2 aliphatic heterocycles. The summed E-state index contributed by atoms with van der Waals surface area (Å²) in [5.41, 5.74) is 2.12. The van der Waals surface area contributed by atoms with Gasteiger partial charge < -0.3 is 19.5 Å². The highest BCUT2D eigenvalue weighted by Gasteiger charge is 2.43. The van der Waals surface area contributed by atoms with Crippen LogP contribution in [0.25, 0.3) is 5.69 Å². The van der Waals surface area contributed by atoms with Crippen molar-refractivity contribution in [3.05, 3.63) is 69.8 Å². The van der Waals surface area contributed by atoms with Gasteiger partial charge in [-0.2, -0.15) is 8.78 Å². The summed E-state index contributed by atoms with van der Waals surface area (Å²) in [6.45, 7) is 2.26. The molecule has 0 saturated carbocycles. The first kappa shape index (κ1) is 28.3. The summed E-state index contributed by atoms with van der Waals surface area (Å²) < 4.78 is 42.4. The number of methoxy groups -OCH3 is 1. The minimum Gasteiger partial charge on any atom is -0.496 e. The van der Waals surface area contributed by atoms with E-state index in [1.54, 1.807) is 30.3 Å². The van der Waals surface area contributed by atoms with Crippen LogP contribution in [0.2, 0.25) is 5.02 Å². The highest BCUT2D eigenvalue weighted by atomic mass is 35.5. The van der Waals surface area contributed by atoms with Crippen LogP contribution in [0.15, 0.2) is 36.4 Å². The van der Waals surface area contributed by atoms with Gasteiger partial charge in [-0.05, 0) is 66.8 Å². The van der Waals surface area contributed by atoms with Gasteiger partial charge in [-0.3, -0.25) is 14.2 Å². The zero-order valence-electron chi connectivity index (χ0n) is 21.6. The van der Waals surface area contributed by atoms with Crippen LogP contribution in [-0.4, -0.2) is 56.8 Å². The first-order valence-electron chi connectivity index (χ1n) is 12.6. The number of fused-ring (bicyclic) bond motifs is 3. The van der Waals surface area contributed by atoms with E-state index in [1.165, 1.54) is 12.0 Å². The molecule has 1 saturated heterocycles. The van der Waals surface area contributed by atoms with Crippen molar-refractivity contribution in [1.82, 2.24) is 19.7 Å². The van der Waals surface area contributed by atoms with Gasteiger partial charge in [0.05, 0.1) is 25.1 Å². The number of hydrogen-bond donors (Lipinski definition) is 1. The molecule has 40 heavy (non-hydrogen) atoms. The highest BCUT2D eigenvalue weighted by Crippen LogP contribution is 2.45. The fourth-order valence-electron chi connectivity index (χ4n) is 5.37. The molecule has 5 rings (SSSR count). The molecule has 0 radical (unpaired) electrons. The predicted molar refractivity (Wildman–Crippen MR) is 141 cm³/mol. The average Bonchev–Trinajstić information content (AvgIpc) is 3.32. The van der Waals surface area contributed by atoms with Gasteiger partial charge in [0.1, 0.15) is 18.0 Å². The number of carbonyl (C=O) groups is 2. The van der Waals surface area contributed by atoms with Crippen LogP contribution < -0.4 is 4.74 Å². The van der Waals surface area contributed by atoms with Crippen molar-refractivity contribution >= 4 is 35.1 Å². The maximum absolute atomic E-state index is 14.6. The van der Waals surface area contributed by atoms with Crippen molar-refractivity contribution in [2.45, 2.75) is 43.8 Å². The summed E-state index contributed by atoms with van der Waals surface area (Å²) in [7, 11) is 1.53. The SMILES string of the molecule is COc1cccc([C@H]2O[C@H](CC(=O)N3CCC[C@H](C(=O)O)C3)c3nnc(C(F)(F)Cl)n3-c3ccc(Cl)cc32)c1C. The summed E-state index contributed by atoms with van der Waals surface area (Å²) in [5, 5.41) is 13.6. The molecule has 0 aliphatic carbocycles. The normalized spacial score (nSPS) is 20.9. The molecule has 212 valence electrons. The van der Waals surface area contributed by atoms with Crippen molar-refractivity contribution in [3.8, 4) is 11.4 Å². The predicted octanol–water partition coefficient (Wildman–Crippen LogP) is 5.40. The molecule has 1 aromatic heterocycles. The van der Waals surface area contributed by atoms with Gasteiger partial charge in [0.2, 0.25) is 11.7 Å². The third-order valence-electron chi connectivity index (χ3n) is 7.35. The molecule has 3 heterocycles. The standard InChI is InChI=1S/C27H26Cl2F2N4O5/c1-14-17(6-3-7-20(14)39-2)23-18-11-16(28)8-9-19(18)35-24(32-33-26(35)27(29,30)31)21(40-23)12-22(36)34-10-4-5-15(13-34)25(37)38/h3,6-9,11,15,21,23H,4-5,10,12-13H2,1-2H3,(H,37,38)/t15-,21+,23+/m0/s1. The number of amides is 1. The van der Waals surface area contributed by atoms with Gasteiger partial charge in [0.15, 0.2) is 5.82 Å². The number of alkyl halides is 3. The van der Waals surface area contributed by atoms with Crippen molar-refractivity contribution in [2.24, 2.45) is 5.92 Å². The second kappa shape index (κ2) is 10.9. The molecule has 2 aromatic carbocycles. The van der Waals surface area contributed by atoms with Crippen LogP contribution >= 0.6 is 23.2 Å². The number of benzene rings is 2. The van der Waals surface area contributed by atoms with Gasteiger partial charge in [-0.15, -0.1) is 10.2 Å². The summed E-state index contributed by atoms with van der Waals surface area (Å²) in [4.78, 5) is 26.5. The first-order valence-corrected chi connectivity index (χ1v) is 13.4. The lowest BCUT2D eigenvalue weighted by Gasteiger charge is -2.32. The molecule has 0 unspecified atom stereocenters. The van der Waals surface area contributed by atoms with E-state index in [1.807, 2.05) is 13.0 Å². The van der Waals surface area contributed by atoms with E-state index < -0.39 is 41.2 Å². The number of carboxylic acid groups (broad SMARTS) is 1. The molecule has 1 N–H and O–H groups in total. The molecule has 2 aliphatic rings. The molecule has 0 bridgehead atoms. The van der Waals surface area contributed by atoms with E-state index in [9.17, 15) is 23.5 Å². The molecular weight excluding hydrogens is 569 g/mol. The molecular formula is C27H26Cl2F2N4O5. The molecule has 9 nitrogen and oxygen atoms in total. The number of likely N-dealkylation sites (tertiary alicyclic amines) is 1. The molecule has 0 spiro atoms. The van der Waals surface area contributed by atoms with E-state index in [2.05, 4.69) is 10.2 Å². The van der Waals surface area contributed by atoms with Crippen LogP contribution in [0.4, 0.5) is 8.78 Å². The lowest BCUT2D eigenvalue weighted by molar-refractivity contribution is -0.146. The van der Waals surface area contributed by atoms with Crippen LogP contribution in [0.5, 0.6) is 5.75 Å². The Morgan fingerprint density at radius 1 is 1.23 bits per heavy atom. The Morgan fingerprint density at radius 2 is 2.00 bits per heavy atom. The van der Waals surface area contributed by atoms with Crippen LogP contribution in [0.3, 0.4) is 0 Å². The Bertz CT molecular complexity index is 1460.